The third-order valence-corrected chi connectivity index (χ3v) is 1.58. The lowest BCUT2D eigenvalue weighted by Crippen LogP contribution is -1.86. The molecule has 2 nitrogen and oxygen atoms in total. The summed E-state index contributed by atoms with van der Waals surface area (Å²) in [5, 5.41) is 8.75. The number of aliphatic hydroxyl groups excluding tert-OH is 1. The molecule has 0 aromatic carbocycles. The van der Waals surface area contributed by atoms with Crippen molar-refractivity contribution >= 4 is 6.08 Å². The van der Waals surface area contributed by atoms with Crippen LogP contribution >= 0.6 is 0 Å². The number of nitrogens with zero attached hydrogens (tertiary/aromatic N) is 1. The first kappa shape index (κ1) is 8.94. The second kappa shape index (κ2) is 4.02. The van der Waals surface area contributed by atoms with Gasteiger partial charge in [0, 0.05) is 6.20 Å². The van der Waals surface area contributed by atoms with Crippen molar-refractivity contribution in [1.29, 1.82) is 0 Å². The topological polar surface area (TPSA) is 33.1 Å². The van der Waals surface area contributed by atoms with E-state index in [2.05, 4.69) is 4.98 Å². The van der Waals surface area contributed by atoms with E-state index in [1.165, 1.54) is 0 Å². The first-order valence-corrected chi connectivity index (χ1v) is 3.93. The predicted octanol–water partition coefficient (Wildman–Crippen LogP) is 1.79. The van der Waals surface area contributed by atoms with Crippen LogP contribution in [0.1, 0.15) is 18.2 Å². The van der Waals surface area contributed by atoms with Gasteiger partial charge in [-0.25, -0.2) is 0 Å². The highest BCUT2D eigenvalue weighted by Gasteiger charge is 1.90. The summed E-state index contributed by atoms with van der Waals surface area (Å²) < 4.78 is 0. The molecule has 0 bridgehead atoms. The van der Waals surface area contributed by atoms with Gasteiger partial charge in [0.05, 0.1) is 12.3 Å². The minimum atomic E-state index is 0.0928. The highest BCUT2D eigenvalue weighted by atomic mass is 16.3. The molecule has 0 radical (unpaired) electrons. The lowest BCUT2D eigenvalue weighted by molar-refractivity contribution is 0.332. The normalized spacial score (nSPS) is 11.8. The lowest BCUT2D eigenvalue weighted by Gasteiger charge is -1.96. The largest absolute Gasteiger partial charge is 0.392 e. The van der Waals surface area contributed by atoms with Crippen molar-refractivity contribution in [3.8, 4) is 0 Å². The summed E-state index contributed by atoms with van der Waals surface area (Å²) in [6.45, 7) is 3.97. The fourth-order valence-electron chi connectivity index (χ4n) is 0.863. The van der Waals surface area contributed by atoms with Crippen LogP contribution in [0.4, 0.5) is 0 Å². The number of hydrogen-bond donors (Lipinski definition) is 1. The van der Waals surface area contributed by atoms with Gasteiger partial charge in [-0.3, -0.25) is 4.98 Å². The van der Waals surface area contributed by atoms with Crippen LogP contribution in [-0.2, 0) is 0 Å². The van der Waals surface area contributed by atoms with Crippen LogP contribution in [0.25, 0.3) is 6.08 Å². The molecule has 0 aliphatic heterocycles. The molecule has 64 valence electrons. The Kier molecular flexibility index (Phi) is 3.00. The fourth-order valence-corrected chi connectivity index (χ4v) is 0.863. The summed E-state index contributed by atoms with van der Waals surface area (Å²) in [6.07, 6.45) is 3.69. The van der Waals surface area contributed by atoms with E-state index < -0.39 is 0 Å². The molecule has 1 aromatic rings. The van der Waals surface area contributed by atoms with Crippen molar-refractivity contribution in [2.45, 2.75) is 13.8 Å². The molecule has 1 heterocycles. The monoisotopic (exact) mass is 163 g/mol. The van der Waals surface area contributed by atoms with Crippen LogP contribution in [0.2, 0.25) is 0 Å². The first-order chi connectivity index (χ1) is 5.72. The maximum absolute atomic E-state index is 8.75. The van der Waals surface area contributed by atoms with Crippen molar-refractivity contribution in [2.24, 2.45) is 0 Å². The molecule has 0 fully saturated rings. The molecule has 1 rings (SSSR count). The standard InChI is InChI=1S/C10H13NO/c1-8-3-4-10(11-6-8)5-9(2)7-12/h3-6,12H,7H2,1-2H3/b9-5-. The van der Waals surface area contributed by atoms with E-state index >= 15 is 0 Å². The molecular formula is C10H13NO. The number of aryl methyl sites for hydroxylation is 1. The number of pyridine rings is 1. The van der Waals surface area contributed by atoms with Crippen LogP contribution in [0, 0.1) is 6.92 Å². The lowest BCUT2D eigenvalue weighted by atomic mass is 10.2. The molecule has 0 saturated carbocycles. The molecule has 12 heavy (non-hydrogen) atoms. The van der Waals surface area contributed by atoms with E-state index in [-0.39, 0.29) is 6.61 Å². The number of rotatable bonds is 2. The van der Waals surface area contributed by atoms with Crippen LogP contribution in [0.15, 0.2) is 23.9 Å². The second-order valence-corrected chi connectivity index (χ2v) is 2.91. The molecule has 1 N–H and O–H groups in total. The van der Waals surface area contributed by atoms with Crippen molar-refractivity contribution in [3.05, 3.63) is 35.2 Å². The Hall–Kier alpha value is -1.15. The number of aliphatic hydroxyl groups is 1. The maximum atomic E-state index is 8.75. The van der Waals surface area contributed by atoms with Crippen LogP contribution in [0.3, 0.4) is 0 Å². The van der Waals surface area contributed by atoms with Gasteiger partial charge < -0.3 is 5.11 Å². The first-order valence-electron chi connectivity index (χ1n) is 3.93. The van der Waals surface area contributed by atoms with Gasteiger partial charge in [0.25, 0.3) is 0 Å². The Bertz CT molecular complexity index is 274. The molecule has 0 aliphatic rings. The predicted molar refractivity (Wildman–Crippen MR) is 49.7 cm³/mol. The van der Waals surface area contributed by atoms with Crippen molar-refractivity contribution < 1.29 is 5.11 Å². The summed E-state index contributed by atoms with van der Waals surface area (Å²) in [4.78, 5) is 4.18. The molecule has 2 heteroatoms. The van der Waals surface area contributed by atoms with Gasteiger partial charge in [-0.1, -0.05) is 6.07 Å². The van der Waals surface area contributed by atoms with E-state index in [1.807, 2.05) is 38.3 Å². The Labute approximate surface area is 72.6 Å². The quantitative estimate of drug-likeness (QED) is 0.721. The summed E-state index contributed by atoms with van der Waals surface area (Å²) >= 11 is 0. The van der Waals surface area contributed by atoms with Gasteiger partial charge in [0.1, 0.15) is 0 Å². The minimum absolute atomic E-state index is 0.0928. The van der Waals surface area contributed by atoms with Crippen molar-refractivity contribution in [3.63, 3.8) is 0 Å². The van der Waals surface area contributed by atoms with Gasteiger partial charge in [0.2, 0.25) is 0 Å². The van der Waals surface area contributed by atoms with E-state index in [1.54, 1.807) is 0 Å². The van der Waals surface area contributed by atoms with Crippen molar-refractivity contribution in [2.75, 3.05) is 6.61 Å². The van der Waals surface area contributed by atoms with Gasteiger partial charge in [-0.05, 0) is 37.1 Å². The molecule has 0 aliphatic carbocycles. The van der Waals surface area contributed by atoms with E-state index in [9.17, 15) is 0 Å². The van der Waals surface area contributed by atoms with Gasteiger partial charge in [-0.15, -0.1) is 0 Å². The fraction of sp³-hybridized carbons (Fsp3) is 0.300. The highest BCUT2D eigenvalue weighted by molar-refractivity contribution is 5.48. The molecule has 0 unspecified atom stereocenters. The molecule has 0 saturated heterocycles. The summed E-state index contributed by atoms with van der Waals surface area (Å²) in [5.41, 5.74) is 2.97. The zero-order chi connectivity index (χ0) is 8.97. The average molecular weight is 163 g/mol. The Morgan fingerprint density at radius 3 is 2.83 bits per heavy atom. The van der Waals surface area contributed by atoms with E-state index in [4.69, 9.17) is 5.11 Å². The van der Waals surface area contributed by atoms with Crippen molar-refractivity contribution in [1.82, 2.24) is 4.98 Å². The average Bonchev–Trinajstić information content (AvgIpc) is 2.09. The summed E-state index contributed by atoms with van der Waals surface area (Å²) in [7, 11) is 0. The molecule has 0 spiro atoms. The summed E-state index contributed by atoms with van der Waals surface area (Å²) in [5.74, 6) is 0. The van der Waals surface area contributed by atoms with Gasteiger partial charge in [0.15, 0.2) is 0 Å². The molecule has 1 aromatic heterocycles. The van der Waals surface area contributed by atoms with E-state index in [0.29, 0.717) is 0 Å². The van der Waals surface area contributed by atoms with Gasteiger partial charge >= 0.3 is 0 Å². The maximum Gasteiger partial charge on any atom is 0.0642 e. The Balaban J connectivity index is 2.84. The van der Waals surface area contributed by atoms with Crippen LogP contribution in [-0.4, -0.2) is 16.7 Å². The Morgan fingerprint density at radius 1 is 1.58 bits per heavy atom. The third kappa shape index (κ3) is 2.47. The smallest absolute Gasteiger partial charge is 0.0642 e. The number of hydrogen-bond acceptors (Lipinski definition) is 2. The molecular weight excluding hydrogens is 150 g/mol. The second-order valence-electron chi connectivity index (χ2n) is 2.91. The molecule has 0 atom stereocenters. The third-order valence-electron chi connectivity index (χ3n) is 1.58. The Morgan fingerprint density at radius 2 is 2.33 bits per heavy atom. The van der Waals surface area contributed by atoms with Gasteiger partial charge in [-0.2, -0.15) is 0 Å². The number of aromatic nitrogens is 1. The highest BCUT2D eigenvalue weighted by Crippen LogP contribution is 2.03. The van der Waals surface area contributed by atoms with Crippen LogP contribution in [0.5, 0.6) is 0 Å². The summed E-state index contributed by atoms with van der Waals surface area (Å²) in [6, 6.07) is 3.94. The van der Waals surface area contributed by atoms with E-state index in [0.717, 1.165) is 16.8 Å². The zero-order valence-corrected chi connectivity index (χ0v) is 7.41. The zero-order valence-electron chi connectivity index (χ0n) is 7.41. The van der Waals surface area contributed by atoms with Crippen LogP contribution < -0.4 is 0 Å². The minimum Gasteiger partial charge on any atom is -0.392 e. The molecule has 0 amide bonds. The SMILES string of the molecule is C/C(=C/c1ccc(C)cn1)CO.